The number of hydrogen-bond donors (Lipinski definition) is 0. The number of hydrogen-bond acceptors (Lipinski definition) is 3. The highest BCUT2D eigenvalue weighted by Crippen LogP contribution is 2.40. The second kappa shape index (κ2) is 4.38. The average molecular weight is 277 g/mol. The molecule has 3 rings (SSSR count). The van der Waals surface area contributed by atoms with Gasteiger partial charge in [-0.1, -0.05) is 11.6 Å². The third-order valence-corrected chi connectivity index (χ3v) is 3.90. The van der Waals surface area contributed by atoms with E-state index in [1.807, 2.05) is 20.0 Å². The van der Waals surface area contributed by atoms with Crippen molar-refractivity contribution in [3.63, 3.8) is 0 Å². The number of aromatic nitrogens is 2. The smallest absolute Gasteiger partial charge is 0.155 e. The van der Waals surface area contributed by atoms with Crippen LogP contribution >= 0.6 is 11.6 Å². The molecule has 0 N–H and O–H groups in total. The molecule has 4 nitrogen and oxygen atoms in total. The third-order valence-electron chi connectivity index (χ3n) is 3.47. The number of allylic oxidation sites excluding steroid dienone is 1. The predicted octanol–water partition coefficient (Wildman–Crippen LogP) is 3.08. The fourth-order valence-corrected chi connectivity index (χ4v) is 2.83. The SMILES string of the molecule is Cc1ccoc1-c1c2c(nn1C)CCC(C=O)=C2Cl. The van der Waals surface area contributed by atoms with Gasteiger partial charge in [0, 0.05) is 18.2 Å². The van der Waals surface area contributed by atoms with E-state index in [1.54, 1.807) is 10.9 Å². The average Bonchev–Trinajstić information content (AvgIpc) is 2.93. The van der Waals surface area contributed by atoms with E-state index in [0.29, 0.717) is 17.0 Å². The lowest BCUT2D eigenvalue weighted by molar-refractivity contribution is -0.105. The Hall–Kier alpha value is -1.81. The lowest BCUT2D eigenvalue weighted by atomic mass is 9.95. The van der Waals surface area contributed by atoms with E-state index >= 15 is 0 Å². The molecule has 0 atom stereocenters. The molecule has 0 fully saturated rings. The standard InChI is InChI=1S/C14H13ClN2O2/c1-8-5-6-19-14(8)13-11-10(16-17(13)2)4-3-9(7-18)12(11)15/h5-7H,3-4H2,1-2H3. The van der Waals surface area contributed by atoms with Gasteiger partial charge in [0.05, 0.1) is 17.0 Å². The van der Waals surface area contributed by atoms with Gasteiger partial charge in [-0.2, -0.15) is 5.10 Å². The molecular weight excluding hydrogens is 264 g/mol. The lowest BCUT2D eigenvalue weighted by Crippen LogP contribution is -2.02. The van der Waals surface area contributed by atoms with Gasteiger partial charge in [-0.25, -0.2) is 0 Å². The Balaban J connectivity index is 2.30. The summed E-state index contributed by atoms with van der Waals surface area (Å²) in [5.41, 5.74) is 4.24. The van der Waals surface area contributed by atoms with Crippen LogP contribution in [0.2, 0.25) is 0 Å². The van der Waals surface area contributed by atoms with Crippen LogP contribution in [0.5, 0.6) is 0 Å². The van der Waals surface area contributed by atoms with Crippen molar-refractivity contribution in [1.82, 2.24) is 9.78 Å². The largest absolute Gasteiger partial charge is 0.462 e. The molecule has 2 aromatic rings. The highest BCUT2D eigenvalue weighted by molar-refractivity contribution is 6.51. The molecule has 19 heavy (non-hydrogen) atoms. The van der Waals surface area contributed by atoms with Crippen molar-refractivity contribution in [1.29, 1.82) is 0 Å². The highest BCUT2D eigenvalue weighted by atomic mass is 35.5. The normalized spacial score (nSPS) is 14.7. The van der Waals surface area contributed by atoms with Crippen LogP contribution in [0.15, 0.2) is 22.3 Å². The quantitative estimate of drug-likeness (QED) is 0.792. The van der Waals surface area contributed by atoms with Gasteiger partial charge in [-0.15, -0.1) is 0 Å². The molecule has 0 amide bonds. The molecule has 0 saturated heterocycles. The molecule has 2 aromatic heterocycles. The van der Waals surface area contributed by atoms with Gasteiger partial charge in [0.25, 0.3) is 0 Å². The van der Waals surface area contributed by atoms with Crippen LogP contribution in [-0.2, 0) is 18.3 Å². The lowest BCUT2D eigenvalue weighted by Gasteiger charge is -2.12. The van der Waals surface area contributed by atoms with Gasteiger partial charge >= 0.3 is 0 Å². The molecule has 1 aliphatic carbocycles. The van der Waals surface area contributed by atoms with Gasteiger partial charge in [0.2, 0.25) is 0 Å². The summed E-state index contributed by atoms with van der Waals surface area (Å²) < 4.78 is 7.31. The molecule has 1 aliphatic rings. The zero-order valence-corrected chi connectivity index (χ0v) is 11.5. The van der Waals surface area contributed by atoms with E-state index < -0.39 is 0 Å². The molecule has 98 valence electrons. The van der Waals surface area contributed by atoms with E-state index in [9.17, 15) is 4.79 Å². The topological polar surface area (TPSA) is 48.0 Å². The van der Waals surface area contributed by atoms with E-state index in [-0.39, 0.29) is 0 Å². The van der Waals surface area contributed by atoms with Crippen molar-refractivity contribution in [3.8, 4) is 11.5 Å². The van der Waals surface area contributed by atoms with Crippen molar-refractivity contribution < 1.29 is 9.21 Å². The van der Waals surface area contributed by atoms with Crippen LogP contribution in [-0.4, -0.2) is 16.1 Å². The molecule has 0 aromatic carbocycles. The number of aldehydes is 1. The van der Waals surface area contributed by atoms with Gasteiger partial charge in [0.15, 0.2) is 5.76 Å². The van der Waals surface area contributed by atoms with Gasteiger partial charge in [-0.05, 0) is 31.4 Å². The van der Waals surface area contributed by atoms with Gasteiger partial charge < -0.3 is 4.42 Å². The number of fused-ring (bicyclic) bond motifs is 1. The third kappa shape index (κ3) is 1.75. The second-order valence-corrected chi connectivity index (χ2v) is 5.06. The summed E-state index contributed by atoms with van der Waals surface area (Å²) >= 11 is 6.35. The minimum Gasteiger partial charge on any atom is -0.462 e. The summed E-state index contributed by atoms with van der Waals surface area (Å²) in [6.07, 6.45) is 3.85. The summed E-state index contributed by atoms with van der Waals surface area (Å²) in [5.74, 6) is 0.751. The first-order chi connectivity index (χ1) is 9.13. The predicted molar refractivity (Wildman–Crippen MR) is 72.8 cm³/mol. The Kier molecular flexibility index (Phi) is 2.82. The van der Waals surface area contributed by atoms with Crippen molar-refractivity contribution >= 4 is 22.9 Å². The zero-order chi connectivity index (χ0) is 13.6. The fraction of sp³-hybridized carbons (Fsp3) is 0.286. The maximum absolute atomic E-state index is 11.1. The Morgan fingerprint density at radius 3 is 2.89 bits per heavy atom. The first kappa shape index (κ1) is 12.2. The molecule has 0 saturated carbocycles. The summed E-state index contributed by atoms with van der Waals surface area (Å²) in [5, 5.41) is 4.99. The van der Waals surface area contributed by atoms with E-state index in [0.717, 1.165) is 41.0 Å². The van der Waals surface area contributed by atoms with Crippen molar-refractivity contribution in [2.45, 2.75) is 19.8 Å². The minimum absolute atomic E-state index is 0.496. The minimum atomic E-state index is 0.496. The first-order valence-corrected chi connectivity index (χ1v) is 6.45. The number of carbonyl (C=O) groups excluding carboxylic acids is 1. The van der Waals surface area contributed by atoms with Gasteiger partial charge in [-0.3, -0.25) is 9.48 Å². The molecule has 0 aliphatic heterocycles. The molecule has 0 spiro atoms. The Bertz CT molecular complexity index is 694. The van der Waals surface area contributed by atoms with Crippen molar-refractivity contribution in [2.75, 3.05) is 0 Å². The van der Waals surface area contributed by atoms with Gasteiger partial charge in [0.1, 0.15) is 12.0 Å². The Morgan fingerprint density at radius 2 is 2.26 bits per heavy atom. The van der Waals surface area contributed by atoms with Crippen LogP contribution in [0, 0.1) is 6.92 Å². The molecule has 5 heteroatoms. The second-order valence-electron chi connectivity index (χ2n) is 4.68. The first-order valence-electron chi connectivity index (χ1n) is 6.08. The molecule has 0 unspecified atom stereocenters. The number of furan rings is 1. The number of nitrogens with zero attached hydrogens (tertiary/aromatic N) is 2. The summed E-state index contributed by atoms with van der Waals surface area (Å²) in [4.78, 5) is 11.1. The Labute approximate surface area is 115 Å². The maximum atomic E-state index is 11.1. The van der Waals surface area contributed by atoms with Crippen molar-refractivity contribution in [3.05, 3.63) is 34.7 Å². The monoisotopic (exact) mass is 276 g/mol. The fourth-order valence-electron chi connectivity index (χ4n) is 2.50. The summed E-state index contributed by atoms with van der Waals surface area (Å²) in [6, 6.07) is 1.90. The summed E-state index contributed by atoms with van der Waals surface area (Å²) in [7, 11) is 1.86. The summed E-state index contributed by atoms with van der Waals surface area (Å²) in [6.45, 7) is 1.97. The highest BCUT2D eigenvalue weighted by Gasteiger charge is 2.27. The molecule has 0 radical (unpaired) electrons. The zero-order valence-electron chi connectivity index (χ0n) is 10.7. The van der Waals surface area contributed by atoms with Crippen molar-refractivity contribution in [2.24, 2.45) is 7.05 Å². The number of rotatable bonds is 2. The number of aryl methyl sites for hydroxylation is 3. The Morgan fingerprint density at radius 1 is 1.47 bits per heavy atom. The number of carbonyl (C=O) groups is 1. The molecular formula is C14H13ClN2O2. The van der Waals surface area contributed by atoms with Crippen LogP contribution < -0.4 is 0 Å². The van der Waals surface area contributed by atoms with E-state index in [4.69, 9.17) is 16.0 Å². The maximum Gasteiger partial charge on any atom is 0.155 e. The molecule has 2 heterocycles. The van der Waals surface area contributed by atoms with Crippen LogP contribution in [0.3, 0.4) is 0 Å². The van der Waals surface area contributed by atoms with Crippen LogP contribution in [0.25, 0.3) is 16.5 Å². The van der Waals surface area contributed by atoms with E-state index in [2.05, 4.69) is 5.10 Å². The van der Waals surface area contributed by atoms with Crippen LogP contribution in [0.1, 0.15) is 23.2 Å². The molecule has 0 bridgehead atoms. The van der Waals surface area contributed by atoms with Crippen LogP contribution in [0.4, 0.5) is 0 Å². The number of halogens is 1. The van der Waals surface area contributed by atoms with E-state index in [1.165, 1.54) is 0 Å².